The van der Waals surface area contributed by atoms with Gasteiger partial charge in [0.05, 0.1) is 12.9 Å². The molecule has 0 aromatic carbocycles. The maximum absolute atomic E-state index is 5.48. The lowest BCUT2D eigenvalue weighted by atomic mass is 9.93. The van der Waals surface area contributed by atoms with Gasteiger partial charge in [0.15, 0.2) is 0 Å². The maximum Gasteiger partial charge on any atom is 0.108 e. The van der Waals surface area contributed by atoms with E-state index in [9.17, 15) is 0 Å². The zero-order valence-electron chi connectivity index (χ0n) is 10.2. The van der Waals surface area contributed by atoms with Crippen LogP contribution in [0.2, 0.25) is 0 Å². The van der Waals surface area contributed by atoms with Crippen LogP contribution in [0.4, 0.5) is 0 Å². The summed E-state index contributed by atoms with van der Waals surface area (Å²) in [4.78, 5) is 0. The Hall–Kier alpha value is -0.800. The molecule has 1 aromatic heterocycles. The van der Waals surface area contributed by atoms with Crippen molar-refractivity contribution in [2.75, 3.05) is 13.2 Å². The molecule has 0 fully saturated rings. The summed E-state index contributed by atoms with van der Waals surface area (Å²) >= 11 is 0. The average Bonchev–Trinajstić information content (AvgIpc) is 2.75. The Kier molecular flexibility index (Phi) is 4.02. The summed E-state index contributed by atoms with van der Waals surface area (Å²) in [5, 5.41) is 3.61. The first-order chi connectivity index (χ1) is 7.81. The third-order valence-corrected chi connectivity index (χ3v) is 3.11. The van der Waals surface area contributed by atoms with Gasteiger partial charge in [-0.1, -0.05) is 0 Å². The van der Waals surface area contributed by atoms with Crippen molar-refractivity contribution in [3.63, 3.8) is 0 Å². The standard InChI is InChI=1S/C13H21NO2/c1-3-15-9-10(2)14-12-5-4-6-13-11(12)7-8-16-13/h7-8,10,12,14H,3-6,9H2,1-2H3. The monoisotopic (exact) mass is 223 g/mol. The number of aryl methyl sites for hydroxylation is 1. The number of rotatable bonds is 5. The first-order valence-electron chi connectivity index (χ1n) is 6.21. The van der Waals surface area contributed by atoms with Gasteiger partial charge in [-0.25, -0.2) is 0 Å². The molecule has 1 aromatic rings. The Balaban J connectivity index is 1.92. The molecule has 0 saturated carbocycles. The lowest BCUT2D eigenvalue weighted by Crippen LogP contribution is -2.35. The van der Waals surface area contributed by atoms with E-state index in [1.54, 1.807) is 6.26 Å². The van der Waals surface area contributed by atoms with E-state index in [1.165, 1.54) is 18.4 Å². The van der Waals surface area contributed by atoms with E-state index in [0.717, 1.165) is 25.4 Å². The Morgan fingerprint density at radius 3 is 3.31 bits per heavy atom. The number of ether oxygens (including phenoxy) is 1. The van der Waals surface area contributed by atoms with Gasteiger partial charge in [-0.15, -0.1) is 0 Å². The molecular weight excluding hydrogens is 202 g/mol. The number of fused-ring (bicyclic) bond motifs is 1. The van der Waals surface area contributed by atoms with Gasteiger partial charge in [0.25, 0.3) is 0 Å². The van der Waals surface area contributed by atoms with Crippen LogP contribution in [0.5, 0.6) is 0 Å². The molecular formula is C13H21NO2. The molecule has 2 rings (SSSR count). The van der Waals surface area contributed by atoms with Gasteiger partial charge < -0.3 is 14.5 Å². The smallest absolute Gasteiger partial charge is 0.108 e. The fourth-order valence-corrected chi connectivity index (χ4v) is 2.35. The molecule has 0 spiro atoms. The molecule has 1 heterocycles. The van der Waals surface area contributed by atoms with Gasteiger partial charge in [0, 0.05) is 30.7 Å². The molecule has 1 N–H and O–H groups in total. The van der Waals surface area contributed by atoms with E-state index in [-0.39, 0.29) is 0 Å². The second-order valence-corrected chi connectivity index (χ2v) is 4.47. The average molecular weight is 223 g/mol. The van der Waals surface area contributed by atoms with Crippen molar-refractivity contribution in [1.82, 2.24) is 5.32 Å². The summed E-state index contributed by atoms with van der Waals surface area (Å²) in [5.41, 5.74) is 1.34. The summed E-state index contributed by atoms with van der Waals surface area (Å²) in [6, 6.07) is 2.93. The van der Waals surface area contributed by atoms with Crippen LogP contribution in [0.25, 0.3) is 0 Å². The fourth-order valence-electron chi connectivity index (χ4n) is 2.35. The highest BCUT2D eigenvalue weighted by molar-refractivity contribution is 5.24. The van der Waals surface area contributed by atoms with Crippen LogP contribution in [-0.4, -0.2) is 19.3 Å². The SMILES string of the molecule is CCOCC(C)NC1CCCc2occc21. The third kappa shape index (κ3) is 2.66. The minimum absolute atomic E-state index is 0.394. The Bertz CT molecular complexity index is 321. The summed E-state index contributed by atoms with van der Waals surface area (Å²) in [6.45, 7) is 5.76. The molecule has 2 atom stereocenters. The number of furan rings is 1. The summed E-state index contributed by atoms with van der Waals surface area (Å²) in [7, 11) is 0. The van der Waals surface area contributed by atoms with Crippen LogP contribution in [0.1, 0.15) is 44.1 Å². The van der Waals surface area contributed by atoms with Gasteiger partial charge in [0.2, 0.25) is 0 Å². The highest BCUT2D eigenvalue weighted by Gasteiger charge is 2.23. The topological polar surface area (TPSA) is 34.4 Å². The van der Waals surface area contributed by atoms with Crippen molar-refractivity contribution in [2.24, 2.45) is 0 Å². The van der Waals surface area contributed by atoms with Crippen LogP contribution in [0.3, 0.4) is 0 Å². The molecule has 1 aliphatic carbocycles. The molecule has 2 unspecified atom stereocenters. The van der Waals surface area contributed by atoms with Gasteiger partial charge in [-0.3, -0.25) is 0 Å². The van der Waals surface area contributed by atoms with Crippen LogP contribution in [0, 0.1) is 0 Å². The van der Waals surface area contributed by atoms with Crippen molar-refractivity contribution in [2.45, 2.75) is 45.2 Å². The van der Waals surface area contributed by atoms with Crippen LogP contribution in [-0.2, 0) is 11.2 Å². The van der Waals surface area contributed by atoms with Crippen molar-refractivity contribution in [3.8, 4) is 0 Å². The van der Waals surface area contributed by atoms with E-state index in [4.69, 9.17) is 9.15 Å². The van der Waals surface area contributed by atoms with Crippen molar-refractivity contribution >= 4 is 0 Å². The molecule has 16 heavy (non-hydrogen) atoms. The van der Waals surface area contributed by atoms with E-state index < -0.39 is 0 Å². The normalized spacial score (nSPS) is 21.8. The minimum atomic E-state index is 0.394. The molecule has 0 radical (unpaired) electrons. The van der Waals surface area contributed by atoms with Crippen molar-refractivity contribution in [1.29, 1.82) is 0 Å². The van der Waals surface area contributed by atoms with Gasteiger partial charge in [-0.05, 0) is 32.8 Å². The second-order valence-electron chi connectivity index (χ2n) is 4.47. The quantitative estimate of drug-likeness (QED) is 0.833. The minimum Gasteiger partial charge on any atom is -0.469 e. The highest BCUT2D eigenvalue weighted by Crippen LogP contribution is 2.30. The first-order valence-corrected chi connectivity index (χ1v) is 6.21. The van der Waals surface area contributed by atoms with E-state index in [1.807, 2.05) is 6.92 Å². The molecule has 0 amide bonds. The Labute approximate surface area is 97.2 Å². The second kappa shape index (κ2) is 5.51. The van der Waals surface area contributed by atoms with Gasteiger partial charge in [-0.2, -0.15) is 0 Å². The van der Waals surface area contributed by atoms with E-state index in [0.29, 0.717) is 12.1 Å². The molecule has 1 aliphatic rings. The predicted octanol–water partition coefficient (Wildman–Crippen LogP) is 2.67. The largest absolute Gasteiger partial charge is 0.469 e. The molecule has 3 heteroatoms. The number of hydrogen-bond donors (Lipinski definition) is 1. The molecule has 0 saturated heterocycles. The maximum atomic E-state index is 5.48. The summed E-state index contributed by atoms with van der Waals surface area (Å²) in [5.74, 6) is 1.16. The zero-order chi connectivity index (χ0) is 11.4. The Morgan fingerprint density at radius 1 is 1.62 bits per heavy atom. The van der Waals surface area contributed by atoms with E-state index in [2.05, 4.69) is 18.3 Å². The molecule has 0 aliphatic heterocycles. The molecule has 90 valence electrons. The summed E-state index contributed by atoms with van der Waals surface area (Å²) < 4.78 is 10.9. The van der Waals surface area contributed by atoms with Crippen LogP contribution < -0.4 is 5.32 Å². The first kappa shape index (κ1) is 11.7. The highest BCUT2D eigenvalue weighted by atomic mass is 16.5. The van der Waals surface area contributed by atoms with Crippen LogP contribution >= 0.6 is 0 Å². The van der Waals surface area contributed by atoms with Crippen molar-refractivity contribution < 1.29 is 9.15 Å². The van der Waals surface area contributed by atoms with Gasteiger partial charge >= 0.3 is 0 Å². The summed E-state index contributed by atoms with van der Waals surface area (Å²) in [6.07, 6.45) is 5.29. The van der Waals surface area contributed by atoms with E-state index >= 15 is 0 Å². The number of hydrogen-bond acceptors (Lipinski definition) is 3. The van der Waals surface area contributed by atoms with Gasteiger partial charge in [0.1, 0.15) is 5.76 Å². The van der Waals surface area contributed by atoms with Crippen molar-refractivity contribution in [3.05, 3.63) is 23.7 Å². The lowest BCUT2D eigenvalue weighted by Gasteiger charge is -2.26. The molecule has 3 nitrogen and oxygen atoms in total. The fraction of sp³-hybridized carbons (Fsp3) is 0.692. The lowest BCUT2D eigenvalue weighted by molar-refractivity contribution is 0.122. The Morgan fingerprint density at radius 2 is 2.50 bits per heavy atom. The predicted molar refractivity (Wildman–Crippen MR) is 63.5 cm³/mol. The number of nitrogens with one attached hydrogen (secondary N) is 1. The third-order valence-electron chi connectivity index (χ3n) is 3.11. The van der Waals surface area contributed by atoms with Crippen LogP contribution in [0.15, 0.2) is 16.7 Å². The molecule has 0 bridgehead atoms. The zero-order valence-corrected chi connectivity index (χ0v) is 10.2.